The molecule has 0 atom stereocenters. The largest absolute Gasteiger partial charge is 0.528 e. The fourth-order valence-corrected chi connectivity index (χ4v) is 7.25. The number of aliphatic hydroxyl groups excluding tert-OH is 1. The Labute approximate surface area is 258 Å². The number of hydrogen-bond donors (Lipinski definition) is 3. The standard InChI is InChI=1S/C32H42N4O7S/c1-21-17-22(20-37)5-12-27(21)29-18-24-8-11-26(19-28(24)33-29)44(40,41)34-25-9-6-23(7-10-25)30(38)35-13-15-36(16-14-35)43-31(39)42-32(2,3)4/h5,8,11-12,17-19,23,25,33-34,37H,6-7,9-10,13-16,20H2,1-4H3/t23-,25-. The highest BCUT2D eigenvalue weighted by atomic mass is 32.2. The Kier molecular flexibility index (Phi) is 9.36. The van der Waals surface area contributed by atoms with Gasteiger partial charge in [-0.05, 0) is 82.7 Å². The zero-order chi connectivity index (χ0) is 31.6. The van der Waals surface area contributed by atoms with Crippen LogP contribution in [0.25, 0.3) is 22.2 Å². The number of hydrogen-bond acceptors (Lipinski definition) is 8. The van der Waals surface area contributed by atoms with E-state index in [-0.39, 0.29) is 29.4 Å². The summed E-state index contributed by atoms with van der Waals surface area (Å²) in [4.78, 5) is 35.7. The second kappa shape index (κ2) is 12.9. The number of H-pyrrole nitrogens is 1. The Morgan fingerprint density at radius 2 is 1.70 bits per heavy atom. The zero-order valence-corrected chi connectivity index (χ0v) is 26.6. The molecule has 0 radical (unpaired) electrons. The third kappa shape index (κ3) is 7.60. The number of nitrogens with one attached hydrogen (secondary N) is 2. The number of carbonyl (C=O) groups excluding carboxylic acids is 2. The molecule has 0 unspecified atom stereocenters. The molecule has 1 saturated heterocycles. The molecule has 1 aliphatic carbocycles. The van der Waals surface area contributed by atoms with Crippen molar-refractivity contribution in [2.45, 2.75) is 76.5 Å². The minimum Gasteiger partial charge on any atom is -0.427 e. The molecule has 2 aliphatic rings. The van der Waals surface area contributed by atoms with Crippen molar-refractivity contribution in [3.8, 4) is 11.3 Å². The lowest BCUT2D eigenvalue weighted by Crippen LogP contribution is -2.51. The van der Waals surface area contributed by atoms with Crippen molar-refractivity contribution in [1.29, 1.82) is 0 Å². The lowest BCUT2D eigenvalue weighted by atomic mass is 9.85. The number of aliphatic hydroxyl groups is 1. The van der Waals surface area contributed by atoms with Gasteiger partial charge in [-0.1, -0.05) is 24.3 Å². The molecular weight excluding hydrogens is 584 g/mol. The first-order valence-corrected chi connectivity index (χ1v) is 16.6. The van der Waals surface area contributed by atoms with Crippen molar-refractivity contribution < 1.29 is 32.7 Å². The Bertz CT molecular complexity index is 1610. The summed E-state index contributed by atoms with van der Waals surface area (Å²) in [6, 6.07) is 12.6. The highest BCUT2D eigenvalue weighted by molar-refractivity contribution is 7.89. The molecule has 1 aliphatic heterocycles. The SMILES string of the molecule is Cc1cc(CO)ccc1-c1cc2ccc(S(=O)(=O)N[C@H]3CC[C@H](C(=O)N4CCN(OC(=O)OC(C)(C)C)CC4)CC3)cc2[nH]1. The highest BCUT2D eigenvalue weighted by Gasteiger charge is 2.33. The van der Waals surface area contributed by atoms with E-state index in [2.05, 4.69) is 9.71 Å². The van der Waals surface area contributed by atoms with Gasteiger partial charge in [-0.2, -0.15) is 0 Å². The molecule has 12 heteroatoms. The normalized spacial score (nSPS) is 20.1. The van der Waals surface area contributed by atoms with Crippen molar-refractivity contribution >= 4 is 33.0 Å². The van der Waals surface area contributed by atoms with Gasteiger partial charge in [0.15, 0.2) is 0 Å². The predicted octanol–water partition coefficient (Wildman–Crippen LogP) is 4.48. The summed E-state index contributed by atoms with van der Waals surface area (Å²) in [5.41, 5.74) is 3.80. The van der Waals surface area contributed by atoms with Gasteiger partial charge >= 0.3 is 6.16 Å². The summed E-state index contributed by atoms with van der Waals surface area (Å²) < 4.78 is 34.7. The first kappa shape index (κ1) is 32.0. The number of amides is 1. The van der Waals surface area contributed by atoms with Crippen LogP contribution in [0.3, 0.4) is 0 Å². The van der Waals surface area contributed by atoms with E-state index >= 15 is 0 Å². The van der Waals surface area contributed by atoms with Gasteiger partial charge < -0.3 is 24.6 Å². The average molecular weight is 627 g/mol. The number of rotatable bonds is 7. The predicted molar refractivity (Wildman–Crippen MR) is 166 cm³/mol. The minimum atomic E-state index is -3.76. The highest BCUT2D eigenvalue weighted by Crippen LogP contribution is 2.30. The summed E-state index contributed by atoms with van der Waals surface area (Å²) in [5, 5.41) is 11.8. The van der Waals surface area contributed by atoms with E-state index in [9.17, 15) is 23.1 Å². The van der Waals surface area contributed by atoms with Crippen LogP contribution in [0.5, 0.6) is 0 Å². The molecule has 1 saturated carbocycles. The molecule has 3 N–H and O–H groups in total. The second-order valence-corrected chi connectivity index (χ2v) is 14.4. The van der Waals surface area contributed by atoms with Crippen LogP contribution in [-0.4, -0.2) is 78.4 Å². The molecule has 3 aromatic rings. The van der Waals surface area contributed by atoms with Gasteiger partial charge in [-0.15, -0.1) is 5.06 Å². The van der Waals surface area contributed by atoms with Gasteiger partial charge in [0.2, 0.25) is 15.9 Å². The van der Waals surface area contributed by atoms with Gasteiger partial charge in [0, 0.05) is 47.2 Å². The molecule has 44 heavy (non-hydrogen) atoms. The lowest BCUT2D eigenvalue weighted by molar-refractivity contribution is -0.166. The van der Waals surface area contributed by atoms with Gasteiger partial charge in [0.05, 0.1) is 24.6 Å². The van der Waals surface area contributed by atoms with E-state index in [4.69, 9.17) is 9.57 Å². The first-order chi connectivity index (χ1) is 20.8. The summed E-state index contributed by atoms with van der Waals surface area (Å²) in [6.07, 6.45) is 1.61. The number of carbonyl (C=O) groups is 2. The quantitative estimate of drug-likeness (QED) is 0.326. The molecule has 0 bridgehead atoms. The van der Waals surface area contributed by atoms with Crippen LogP contribution in [0.15, 0.2) is 47.4 Å². The molecule has 2 fully saturated rings. The topological polar surface area (TPSA) is 141 Å². The smallest absolute Gasteiger partial charge is 0.427 e. The van der Waals surface area contributed by atoms with Crippen LogP contribution in [0, 0.1) is 12.8 Å². The fraction of sp³-hybridized carbons (Fsp3) is 0.500. The molecule has 5 rings (SSSR count). The third-order valence-corrected chi connectivity index (χ3v) is 9.73. The monoisotopic (exact) mass is 626 g/mol. The molecular formula is C32H42N4O7S. The maximum atomic E-state index is 13.3. The molecule has 0 spiro atoms. The van der Waals surface area contributed by atoms with Crippen LogP contribution in [0.4, 0.5) is 4.79 Å². The van der Waals surface area contributed by atoms with Crippen LogP contribution < -0.4 is 4.72 Å². The zero-order valence-electron chi connectivity index (χ0n) is 25.8. The Balaban J connectivity index is 1.13. The van der Waals surface area contributed by atoms with E-state index in [0.29, 0.717) is 51.9 Å². The second-order valence-electron chi connectivity index (χ2n) is 12.7. The number of ether oxygens (including phenoxy) is 1. The number of piperazine rings is 1. The number of hydroxylamine groups is 2. The van der Waals surface area contributed by atoms with Crippen molar-refractivity contribution in [2.24, 2.45) is 5.92 Å². The number of nitrogens with zero attached hydrogens (tertiary/aromatic N) is 2. The molecule has 1 aromatic heterocycles. The minimum absolute atomic E-state index is 0.0220. The van der Waals surface area contributed by atoms with Crippen molar-refractivity contribution in [1.82, 2.24) is 19.7 Å². The van der Waals surface area contributed by atoms with Gasteiger partial charge in [-0.3, -0.25) is 4.79 Å². The lowest BCUT2D eigenvalue weighted by Gasteiger charge is -2.37. The average Bonchev–Trinajstić information content (AvgIpc) is 3.39. The number of aryl methyl sites for hydroxylation is 1. The van der Waals surface area contributed by atoms with Crippen LogP contribution in [-0.2, 0) is 31.0 Å². The van der Waals surface area contributed by atoms with E-state index in [1.165, 1.54) is 5.06 Å². The Morgan fingerprint density at radius 3 is 2.34 bits per heavy atom. The molecule has 2 heterocycles. The van der Waals surface area contributed by atoms with Gasteiger partial charge in [0.1, 0.15) is 5.60 Å². The summed E-state index contributed by atoms with van der Waals surface area (Å²) in [5.74, 6) is -0.0878. The molecule has 238 valence electrons. The van der Waals surface area contributed by atoms with Gasteiger partial charge in [-0.25, -0.2) is 17.9 Å². The summed E-state index contributed by atoms with van der Waals surface area (Å²) in [7, 11) is -3.76. The van der Waals surface area contributed by atoms with Crippen molar-refractivity contribution in [2.75, 3.05) is 26.2 Å². The molecule has 11 nitrogen and oxygen atoms in total. The maximum Gasteiger partial charge on any atom is 0.528 e. The Morgan fingerprint density at radius 1 is 1.00 bits per heavy atom. The van der Waals surface area contributed by atoms with Crippen molar-refractivity contribution in [3.05, 3.63) is 53.6 Å². The van der Waals surface area contributed by atoms with Crippen LogP contribution >= 0.6 is 0 Å². The van der Waals surface area contributed by atoms with Gasteiger partial charge in [0.25, 0.3) is 0 Å². The first-order valence-electron chi connectivity index (χ1n) is 15.1. The van der Waals surface area contributed by atoms with E-state index in [1.54, 1.807) is 43.9 Å². The van der Waals surface area contributed by atoms with E-state index < -0.39 is 21.8 Å². The summed E-state index contributed by atoms with van der Waals surface area (Å²) >= 11 is 0. The Hall–Kier alpha value is -3.45. The maximum absolute atomic E-state index is 13.3. The summed E-state index contributed by atoms with van der Waals surface area (Å²) in [6.45, 7) is 8.97. The van der Waals surface area contributed by atoms with E-state index in [1.807, 2.05) is 31.2 Å². The number of aromatic amines is 1. The number of fused-ring (bicyclic) bond motifs is 1. The number of sulfonamides is 1. The third-order valence-electron chi connectivity index (χ3n) is 8.21. The number of benzene rings is 2. The molecule has 2 aromatic carbocycles. The number of aromatic nitrogens is 1. The molecule has 1 amide bonds. The van der Waals surface area contributed by atoms with Crippen LogP contribution in [0.1, 0.15) is 57.6 Å². The fourth-order valence-electron chi connectivity index (χ4n) is 5.92. The van der Waals surface area contributed by atoms with Crippen molar-refractivity contribution in [3.63, 3.8) is 0 Å². The van der Waals surface area contributed by atoms with E-state index in [0.717, 1.165) is 33.3 Å². The van der Waals surface area contributed by atoms with Crippen LogP contribution in [0.2, 0.25) is 0 Å².